The molecule has 0 amide bonds. The van der Waals surface area contributed by atoms with Crippen molar-refractivity contribution < 1.29 is 4.11 Å². The van der Waals surface area contributed by atoms with Crippen molar-refractivity contribution in [3.8, 4) is 0 Å². The molecule has 2 atom stereocenters. The summed E-state index contributed by atoms with van der Waals surface area (Å²) in [6.07, 6.45) is 9.11. The summed E-state index contributed by atoms with van der Waals surface area (Å²) in [5, 5.41) is 2.50. The lowest BCUT2D eigenvalue weighted by atomic mass is 9.33. The van der Waals surface area contributed by atoms with Crippen molar-refractivity contribution in [1.82, 2.24) is 0 Å². The Labute approximate surface area is 463 Å². The Morgan fingerprint density at radius 1 is 0.487 bits per heavy atom. The molecule has 8 aromatic rings. The molecule has 14 rings (SSSR count). The lowest BCUT2D eigenvalue weighted by Crippen LogP contribution is -2.62. The van der Waals surface area contributed by atoms with Gasteiger partial charge in [0.05, 0.1) is 5.54 Å². The number of aryl methyl sites for hydroxylation is 1. The van der Waals surface area contributed by atoms with Crippen LogP contribution in [0.4, 0.5) is 45.5 Å². The number of nitrogens with zero attached hydrogens (tertiary/aromatic N) is 3. The van der Waals surface area contributed by atoms with Gasteiger partial charge in [-0.15, -0.1) is 11.3 Å². The van der Waals surface area contributed by atoms with Gasteiger partial charge in [-0.1, -0.05) is 151 Å². The second kappa shape index (κ2) is 15.7. The summed E-state index contributed by atoms with van der Waals surface area (Å²) in [6.45, 7) is 28.9. The van der Waals surface area contributed by atoms with Crippen molar-refractivity contribution in [1.29, 1.82) is 0 Å². The number of anilines is 8. The Kier molecular flexibility index (Phi) is 9.36. The molecule has 0 radical (unpaired) electrons. The molecule has 1 saturated carbocycles. The number of hydrogen-bond acceptors (Lipinski definition) is 4. The van der Waals surface area contributed by atoms with Crippen molar-refractivity contribution in [2.75, 3.05) is 14.7 Å². The van der Waals surface area contributed by atoms with Gasteiger partial charge in [-0.2, -0.15) is 0 Å². The molecule has 3 aliphatic carbocycles. The van der Waals surface area contributed by atoms with Gasteiger partial charge >= 0.3 is 0 Å². The zero-order valence-corrected chi connectivity index (χ0v) is 48.3. The van der Waals surface area contributed by atoms with Gasteiger partial charge in [0.2, 0.25) is 0 Å². The number of para-hydroxylation sites is 1. The van der Waals surface area contributed by atoms with E-state index in [1.54, 1.807) is 0 Å². The van der Waals surface area contributed by atoms with Crippen LogP contribution in [0.2, 0.25) is 0 Å². The maximum atomic E-state index is 9.43. The average Bonchev–Trinajstić information content (AvgIpc) is 3.05. The predicted molar refractivity (Wildman–Crippen MR) is 330 cm³/mol. The first-order valence-electron chi connectivity index (χ1n) is 30.3. The van der Waals surface area contributed by atoms with E-state index < -0.39 is 6.85 Å². The molecule has 0 bridgehead atoms. The van der Waals surface area contributed by atoms with Crippen LogP contribution >= 0.6 is 11.3 Å². The van der Waals surface area contributed by atoms with E-state index in [0.29, 0.717) is 5.56 Å². The van der Waals surface area contributed by atoms with Crippen molar-refractivity contribution in [3.63, 3.8) is 0 Å². The topological polar surface area (TPSA) is 9.72 Å². The predicted octanol–water partition coefficient (Wildman–Crippen LogP) is 18.2. The number of hydrogen-bond donors (Lipinski definition) is 0. The molecule has 2 unspecified atom stereocenters. The highest BCUT2D eigenvalue weighted by molar-refractivity contribution is 7.26. The highest BCUT2D eigenvalue weighted by Crippen LogP contribution is 2.62. The van der Waals surface area contributed by atoms with E-state index in [0.717, 1.165) is 78.1 Å². The first kappa shape index (κ1) is 45.3. The van der Waals surface area contributed by atoms with E-state index in [1.807, 2.05) is 11.3 Å². The molecule has 5 heteroatoms. The minimum atomic E-state index is -2.39. The van der Waals surface area contributed by atoms with Crippen LogP contribution in [0.1, 0.15) is 184 Å². The van der Waals surface area contributed by atoms with Crippen molar-refractivity contribution in [3.05, 3.63) is 160 Å². The quantitative estimate of drug-likeness (QED) is 0.163. The van der Waals surface area contributed by atoms with Crippen molar-refractivity contribution in [2.45, 2.75) is 186 Å². The Morgan fingerprint density at radius 3 is 1.80 bits per heavy atom. The molecule has 0 N–H and O–H groups in total. The molecule has 0 saturated heterocycles. The molecular formula is C71H78BN3S. The molecule has 386 valence electrons. The Bertz CT molecular complexity index is 3930. The van der Waals surface area contributed by atoms with Gasteiger partial charge in [0.1, 0.15) is 0 Å². The lowest BCUT2D eigenvalue weighted by Gasteiger charge is -2.51. The first-order chi connectivity index (χ1) is 37.1. The van der Waals surface area contributed by atoms with Crippen LogP contribution in [0, 0.1) is 6.85 Å². The van der Waals surface area contributed by atoms with Crippen LogP contribution in [-0.4, -0.2) is 12.3 Å². The summed E-state index contributed by atoms with van der Waals surface area (Å²) in [7, 11) is 0. The largest absolute Gasteiger partial charge is 0.334 e. The monoisotopic (exact) mass is 1020 g/mol. The SMILES string of the molecule is [2H]C([2H])([2H])c1cc2c3c(c1)N(c1ccc4c(c1)C(C)(C)CCC4(C)C)c1cc4c(cc1B3c1ccc(N3c5ccccc5C5(C)CCCCC35C)cc1N2c1cc(C(C)(C)C)c2sc3ccccc3c2c1)C(C)(C)CCC4(C)C. The molecular weight excluding hydrogens is 938 g/mol. The van der Waals surface area contributed by atoms with E-state index in [-0.39, 0.29) is 44.7 Å². The fraction of sp³-hybridized carbons (Fsp3) is 0.408. The first-order valence-corrected chi connectivity index (χ1v) is 29.6. The maximum absolute atomic E-state index is 9.43. The summed E-state index contributed by atoms with van der Waals surface area (Å²) in [5.74, 6) is 0. The van der Waals surface area contributed by atoms with Crippen molar-refractivity contribution in [2.24, 2.45) is 0 Å². The lowest BCUT2D eigenvalue weighted by molar-refractivity contribution is 0.195. The minimum absolute atomic E-state index is 0.0205. The summed E-state index contributed by atoms with van der Waals surface area (Å²) >= 11 is 1.89. The van der Waals surface area contributed by atoms with Gasteiger partial charge < -0.3 is 14.7 Å². The van der Waals surface area contributed by atoms with Gasteiger partial charge in [-0.25, -0.2) is 0 Å². The smallest absolute Gasteiger partial charge is 0.252 e. The minimum Gasteiger partial charge on any atom is -0.334 e. The van der Waals surface area contributed by atoms with Crippen LogP contribution in [0.25, 0.3) is 20.2 Å². The molecule has 1 fully saturated rings. The average molecular weight is 1020 g/mol. The molecule has 7 aromatic carbocycles. The third-order valence-electron chi connectivity index (χ3n) is 20.9. The van der Waals surface area contributed by atoms with E-state index in [4.69, 9.17) is 0 Å². The Morgan fingerprint density at radius 2 is 1.09 bits per heavy atom. The van der Waals surface area contributed by atoms with Crippen LogP contribution in [0.5, 0.6) is 0 Å². The Hall–Kier alpha value is -5.78. The van der Waals surface area contributed by atoms with E-state index in [1.165, 1.54) is 88.7 Å². The fourth-order valence-electron chi connectivity index (χ4n) is 16.1. The van der Waals surface area contributed by atoms with Crippen molar-refractivity contribution >= 4 is 100 Å². The van der Waals surface area contributed by atoms with Gasteiger partial charge in [0.15, 0.2) is 0 Å². The summed E-state index contributed by atoms with van der Waals surface area (Å²) in [5.41, 5.74) is 20.8. The molecule has 3 aliphatic heterocycles. The maximum Gasteiger partial charge on any atom is 0.252 e. The Balaban J connectivity index is 1.12. The summed E-state index contributed by atoms with van der Waals surface area (Å²) in [4.78, 5) is 7.74. The molecule has 4 heterocycles. The standard InChI is InChI=1S/C71H78BN3S/c1-43-35-60-63-61(36-43)74(46-37-48-47-21-15-18-24-62(47)76-64(48)54(39-46)65(2,3)4)58-40-45(75-57-23-17-16-22-50(57)70(13)29-19-20-30-71(70,75)14)26-28-55(58)72(63)56-41-52-53(69(11,12)34-33-68(52,9)10)42-59(56)73(60)44-25-27-49-51(38-44)67(7,8)32-31-66(49,5)6/h15-18,21-28,35-42H,19-20,29-34H2,1-14H3/i1D3. The summed E-state index contributed by atoms with van der Waals surface area (Å²) < 4.78 is 30.9. The van der Waals surface area contributed by atoms with Gasteiger partial charge in [-0.05, 0) is 201 Å². The zero-order chi connectivity index (χ0) is 55.5. The van der Waals surface area contributed by atoms with E-state index in [9.17, 15) is 4.11 Å². The second-order valence-corrected chi connectivity index (χ2v) is 29.4. The zero-order valence-electron chi connectivity index (χ0n) is 50.5. The summed E-state index contributed by atoms with van der Waals surface area (Å²) in [6, 6.07) is 47.0. The van der Waals surface area contributed by atoms with Gasteiger partial charge in [0.25, 0.3) is 6.71 Å². The van der Waals surface area contributed by atoms with Crippen LogP contribution in [0.15, 0.2) is 121 Å². The third-order valence-corrected chi connectivity index (χ3v) is 22.1. The van der Waals surface area contributed by atoms with Crippen LogP contribution < -0.4 is 31.1 Å². The molecule has 6 aliphatic rings. The van der Waals surface area contributed by atoms with Crippen LogP contribution in [0.3, 0.4) is 0 Å². The molecule has 0 spiro atoms. The van der Waals surface area contributed by atoms with Gasteiger partial charge in [-0.3, -0.25) is 0 Å². The highest BCUT2D eigenvalue weighted by Gasteiger charge is 2.58. The van der Waals surface area contributed by atoms with Gasteiger partial charge in [0, 0.05) is 75.2 Å². The number of benzene rings is 7. The molecule has 1 aromatic heterocycles. The number of rotatable bonds is 3. The van der Waals surface area contributed by atoms with E-state index in [2.05, 4.69) is 226 Å². The molecule has 76 heavy (non-hydrogen) atoms. The second-order valence-electron chi connectivity index (χ2n) is 28.4. The fourth-order valence-corrected chi connectivity index (χ4v) is 17.5. The number of thiophene rings is 1. The number of fused-ring (bicyclic) bond motifs is 12. The van der Waals surface area contributed by atoms with Crippen LogP contribution in [-0.2, 0) is 32.5 Å². The third kappa shape index (κ3) is 6.59. The normalized spacial score (nSPS) is 23.9. The highest BCUT2D eigenvalue weighted by atomic mass is 32.1. The molecule has 3 nitrogen and oxygen atoms in total. The van der Waals surface area contributed by atoms with E-state index >= 15 is 0 Å².